The summed E-state index contributed by atoms with van der Waals surface area (Å²) in [4.78, 5) is 40.8. The van der Waals surface area contributed by atoms with Crippen molar-refractivity contribution in [3.63, 3.8) is 0 Å². The van der Waals surface area contributed by atoms with E-state index in [1.807, 2.05) is 20.1 Å². The van der Waals surface area contributed by atoms with Gasteiger partial charge in [-0.1, -0.05) is 6.07 Å². The average molecular weight is 482 g/mol. The summed E-state index contributed by atoms with van der Waals surface area (Å²) >= 11 is 1.56. The van der Waals surface area contributed by atoms with Crippen LogP contribution >= 0.6 is 11.8 Å². The van der Waals surface area contributed by atoms with Crippen molar-refractivity contribution in [3.05, 3.63) is 29.3 Å². The number of ether oxygens (including phenoxy) is 1. The average Bonchev–Trinajstić information content (AvgIpc) is 2.68. The number of aryl methyl sites for hydroxylation is 1. The molecule has 3 N–H and O–H groups in total. The Bertz CT molecular complexity index is 823. The third-order valence-electron chi connectivity index (χ3n) is 4.75. The van der Waals surface area contributed by atoms with Gasteiger partial charge in [0.15, 0.2) is 0 Å². The van der Waals surface area contributed by atoms with Crippen molar-refractivity contribution in [1.82, 2.24) is 15.5 Å². The summed E-state index contributed by atoms with van der Waals surface area (Å²) in [7, 11) is 0. The van der Waals surface area contributed by atoms with Crippen molar-refractivity contribution in [3.8, 4) is 5.75 Å². The van der Waals surface area contributed by atoms with Gasteiger partial charge in [-0.3, -0.25) is 9.59 Å². The zero-order chi connectivity index (χ0) is 25.3. The van der Waals surface area contributed by atoms with Crippen LogP contribution in [0.3, 0.4) is 0 Å². The van der Waals surface area contributed by atoms with Crippen molar-refractivity contribution in [1.29, 1.82) is 0 Å². The molecule has 8 nitrogen and oxygen atoms in total. The maximum atomic E-state index is 13.7. The van der Waals surface area contributed by atoms with Crippen molar-refractivity contribution >= 4 is 29.7 Å². The first-order chi connectivity index (χ1) is 15.3. The number of carbonyl (C=O) groups is 3. The molecule has 0 aliphatic rings. The number of aromatic hydroxyl groups is 1. The second-order valence-corrected chi connectivity index (χ2v) is 10.2. The van der Waals surface area contributed by atoms with Crippen LogP contribution in [0.4, 0.5) is 4.79 Å². The summed E-state index contributed by atoms with van der Waals surface area (Å²) in [6, 6.07) is 2.97. The van der Waals surface area contributed by atoms with Gasteiger partial charge in [-0.15, -0.1) is 0 Å². The van der Waals surface area contributed by atoms with Gasteiger partial charge in [0, 0.05) is 12.6 Å². The zero-order valence-electron chi connectivity index (χ0n) is 21.0. The summed E-state index contributed by atoms with van der Waals surface area (Å²) < 4.78 is 5.35. The highest BCUT2D eigenvalue weighted by molar-refractivity contribution is 7.98. The lowest BCUT2D eigenvalue weighted by atomic mass is 10.00. The van der Waals surface area contributed by atoms with Crippen LogP contribution in [0, 0.1) is 6.92 Å². The molecule has 0 spiro atoms. The van der Waals surface area contributed by atoms with Crippen molar-refractivity contribution in [2.24, 2.45) is 0 Å². The van der Waals surface area contributed by atoms with Crippen LogP contribution in [-0.4, -0.2) is 64.2 Å². The Hall–Kier alpha value is -2.42. The van der Waals surface area contributed by atoms with Gasteiger partial charge in [0.1, 0.15) is 23.4 Å². The van der Waals surface area contributed by atoms with Gasteiger partial charge in [0.25, 0.3) is 0 Å². The Morgan fingerprint density at radius 3 is 2.30 bits per heavy atom. The number of phenols is 1. The Morgan fingerprint density at radius 2 is 1.82 bits per heavy atom. The van der Waals surface area contributed by atoms with Gasteiger partial charge < -0.3 is 25.4 Å². The molecule has 0 heterocycles. The number of nitrogens with one attached hydrogen (secondary N) is 2. The minimum Gasteiger partial charge on any atom is -0.508 e. The van der Waals surface area contributed by atoms with Crippen LogP contribution in [0.5, 0.6) is 5.75 Å². The molecule has 0 aliphatic carbocycles. The van der Waals surface area contributed by atoms with E-state index in [1.165, 1.54) is 11.0 Å². The van der Waals surface area contributed by atoms with Crippen LogP contribution < -0.4 is 10.6 Å². The fourth-order valence-corrected chi connectivity index (χ4v) is 3.77. The van der Waals surface area contributed by atoms with Crippen LogP contribution in [0.15, 0.2) is 18.2 Å². The number of nitrogens with zero attached hydrogens (tertiary/aromatic N) is 1. The molecule has 1 aromatic carbocycles. The number of carbonyl (C=O) groups excluding carboxylic acids is 3. The van der Waals surface area contributed by atoms with Crippen molar-refractivity contribution < 1.29 is 24.2 Å². The SMILES string of the molecule is CCN(C(=O)C(CCSC)NC(=O)OC(C)(C)C)C(C(=O)NC(C)C)c1ccc(O)c(C)c1. The lowest BCUT2D eigenvalue weighted by molar-refractivity contribution is -0.142. The number of hydrogen-bond acceptors (Lipinski definition) is 6. The molecule has 2 atom stereocenters. The first kappa shape index (κ1) is 28.6. The highest BCUT2D eigenvalue weighted by atomic mass is 32.2. The van der Waals surface area contributed by atoms with Gasteiger partial charge in [0.2, 0.25) is 11.8 Å². The Labute approximate surface area is 201 Å². The van der Waals surface area contributed by atoms with E-state index in [-0.39, 0.29) is 30.2 Å². The molecule has 0 aromatic heterocycles. The van der Waals surface area contributed by atoms with Crippen LogP contribution in [-0.2, 0) is 14.3 Å². The standard InChI is InChI=1S/C24H39N3O5S/c1-9-27(22(30)18(12-13-33-8)26-23(31)32-24(5,6)7)20(21(29)25-15(2)3)17-10-11-19(28)16(4)14-17/h10-11,14-15,18,20,28H,9,12-13H2,1-8H3,(H,25,29)(H,26,31). The second kappa shape index (κ2) is 12.7. The maximum Gasteiger partial charge on any atom is 0.408 e. The largest absolute Gasteiger partial charge is 0.508 e. The summed E-state index contributed by atoms with van der Waals surface area (Å²) in [5.41, 5.74) is 0.480. The maximum absolute atomic E-state index is 13.7. The number of hydrogen-bond donors (Lipinski definition) is 3. The van der Waals surface area contributed by atoms with E-state index in [9.17, 15) is 19.5 Å². The highest BCUT2D eigenvalue weighted by Crippen LogP contribution is 2.27. The molecule has 1 aromatic rings. The van der Waals surface area contributed by atoms with E-state index in [2.05, 4.69) is 10.6 Å². The minimum absolute atomic E-state index is 0.112. The topological polar surface area (TPSA) is 108 Å². The van der Waals surface area contributed by atoms with Crippen LogP contribution in [0.2, 0.25) is 0 Å². The number of thioether (sulfide) groups is 1. The van der Waals surface area contributed by atoms with Crippen molar-refractivity contribution in [2.75, 3.05) is 18.6 Å². The zero-order valence-corrected chi connectivity index (χ0v) is 21.8. The molecule has 0 saturated carbocycles. The van der Waals surface area contributed by atoms with Gasteiger partial charge in [-0.25, -0.2) is 4.79 Å². The first-order valence-corrected chi connectivity index (χ1v) is 12.6. The molecule has 1 rings (SSSR count). The lowest BCUT2D eigenvalue weighted by Crippen LogP contribution is -2.53. The third-order valence-corrected chi connectivity index (χ3v) is 5.39. The summed E-state index contributed by atoms with van der Waals surface area (Å²) in [5.74, 6) is 0.0593. The van der Waals surface area contributed by atoms with E-state index >= 15 is 0 Å². The van der Waals surface area contributed by atoms with Crippen LogP contribution in [0.1, 0.15) is 65.1 Å². The predicted molar refractivity (Wildman–Crippen MR) is 132 cm³/mol. The molecule has 33 heavy (non-hydrogen) atoms. The number of likely N-dealkylation sites (N-methyl/N-ethyl adjacent to an activating group) is 1. The van der Waals surface area contributed by atoms with Crippen molar-refractivity contribution in [2.45, 2.75) is 78.6 Å². The number of amides is 3. The molecule has 186 valence electrons. The van der Waals surface area contributed by atoms with Gasteiger partial charge >= 0.3 is 6.09 Å². The molecule has 0 saturated heterocycles. The molecule has 0 radical (unpaired) electrons. The molecule has 3 amide bonds. The quantitative estimate of drug-likeness (QED) is 0.470. The number of benzene rings is 1. The lowest BCUT2D eigenvalue weighted by Gasteiger charge is -2.34. The molecular weight excluding hydrogens is 442 g/mol. The molecule has 0 bridgehead atoms. The molecular formula is C24H39N3O5S. The predicted octanol–water partition coefficient (Wildman–Crippen LogP) is 3.76. The third kappa shape index (κ3) is 9.15. The minimum atomic E-state index is -0.915. The highest BCUT2D eigenvalue weighted by Gasteiger charge is 2.35. The number of alkyl carbamates (subject to hydrolysis) is 1. The Morgan fingerprint density at radius 1 is 1.18 bits per heavy atom. The Kier molecular flexibility index (Phi) is 11.0. The van der Waals surface area contributed by atoms with E-state index in [0.29, 0.717) is 23.3 Å². The van der Waals surface area contributed by atoms with E-state index in [1.54, 1.807) is 58.5 Å². The fourth-order valence-electron chi connectivity index (χ4n) is 3.29. The second-order valence-electron chi connectivity index (χ2n) is 9.22. The van der Waals surface area contributed by atoms with Gasteiger partial charge in [-0.2, -0.15) is 11.8 Å². The summed E-state index contributed by atoms with van der Waals surface area (Å²) in [6.45, 7) is 12.7. The van der Waals surface area contributed by atoms with E-state index < -0.39 is 23.8 Å². The van der Waals surface area contributed by atoms with E-state index in [4.69, 9.17) is 4.74 Å². The van der Waals surface area contributed by atoms with Crippen LogP contribution in [0.25, 0.3) is 0 Å². The monoisotopic (exact) mass is 481 g/mol. The molecule has 9 heteroatoms. The fraction of sp³-hybridized carbons (Fsp3) is 0.625. The molecule has 0 aliphatic heterocycles. The summed E-state index contributed by atoms with van der Waals surface area (Å²) in [6.07, 6.45) is 1.63. The normalized spacial score (nSPS) is 13.2. The number of phenolic OH excluding ortho intramolecular Hbond substituents is 1. The first-order valence-electron chi connectivity index (χ1n) is 11.2. The van der Waals surface area contributed by atoms with Gasteiger partial charge in [0.05, 0.1) is 0 Å². The molecule has 2 unspecified atom stereocenters. The summed E-state index contributed by atoms with van der Waals surface area (Å²) in [5, 5.41) is 15.5. The Balaban J connectivity index is 3.35. The van der Waals surface area contributed by atoms with E-state index in [0.717, 1.165) is 0 Å². The number of rotatable bonds is 10. The molecule has 0 fully saturated rings. The van der Waals surface area contributed by atoms with Gasteiger partial charge in [-0.05, 0) is 90.2 Å². The smallest absolute Gasteiger partial charge is 0.408 e.